The van der Waals surface area contributed by atoms with Crippen LogP contribution in [0, 0.1) is 0 Å². The van der Waals surface area contributed by atoms with Crippen LogP contribution in [0.2, 0.25) is 5.02 Å². The average molecular weight is 407 g/mol. The van der Waals surface area contributed by atoms with Gasteiger partial charge in [0.2, 0.25) is 5.95 Å². The van der Waals surface area contributed by atoms with Gasteiger partial charge in [-0.2, -0.15) is 4.98 Å². The number of nitrogens with one attached hydrogen (secondary N) is 2. The molecule has 1 aromatic carbocycles. The standard InChI is InChI=1S/C12H11Br2ClN4/c1-2-16-12-17-6-9(15)11(19-12)18-10-5-7(13)3-4-8(10)14/h3-6H,2H2,1H3,(H2,16,17,18,19). The highest BCUT2D eigenvalue weighted by molar-refractivity contribution is 9.11. The molecule has 1 heterocycles. The van der Waals surface area contributed by atoms with Crippen molar-refractivity contribution in [1.29, 1.82) is 0 Å². The van der Waals surface area contributed by atoms with E-state index in [0.29, 0.717) is 16.8 Å². The lowest BCUT2D eigenvalue weighted by molar-refractivity contribution is 1.09. The third-order valence-corrected chi connectivity index (χ3v) is 3.72. The van der Waals surface area contributed by atoms with Gasteiger partial charge in [-0.15, -0.1) is 0 Å². The van der Waals surface area contributed by atoms with E-state index in [4.69, 9.17) is 11.6 Å². The molecule has 19 heavy (non-hydrogen) atoms. The van der Waals surface area contributed by atoms with Crippen molar-refractivity contribution in [2.24, 2.45) is 0 Å². The van der Waals surface area contributed by atoms with E-state index >= 15 is 0 Å². The van der Waals surface area contributed by atoms with Crippen molar-refractivity contribution in [2.75, 3.05) is 17.2 Å². The normalized spacial score (nSPS) is 10.3. The Morgan fingerprint density at radius 3 is 2.84 bits per heavy atom. The van der Waals surface area contributed by atoms with Gasteiger partial charge >= 0.3 is 0 Å². The Bertz CT molecular complexity index is 592. The first-order valence-electron chi connectivity index (χ1n) is 5.58. The zero-order chi connectivity index (χ0) is 13.8. The highest BCUT2D eigenvalue weighted by Crippen LogP contribution is 2.31. The van der Waals surface area contributed by atoms with Gasteiger partial charge in [-0.05, 0) is 41.1 Å². The molecule has 4 nitrogen and oxygen atoms in total. The molecule has 0 fully saturated rings. The summed E-state index contributed by atoms with van der Waals surface area (Å²) in [5, 5.41) is 6.69. The molecule has 2 N–H and O–H groups in total. The minimum atomic E-state index is 0.466. The number of rotatable bonds is 4. The fourth-order valence-electron chi connectivity index (χ4n) is 1.42. The van der Waals surface area contributed by atoms with Crippen LogP contribution in [0.25, 0.3) is 0 Å². The molecule has 0 atom stereocenters. The summed E-state index contributed by atoms with van der Waals surface area (Å²) in [6.45, 7) is 2.73. The Balaban J connectivity index is 2.31. The van der Waals surface area contributed by atoms with Crippen LogP contribution >= 0.6 is 43.5 Å². The number of halogens is 3. The zero-order valence-electron chi connectivity index (χ0n) is 10.0. The molecule has 0 saturated carbocycles. The molecule has 1 aromatic heterocycles. The van der Waals surface area contributed by atoms with Gasteiger partial charge in [0.25, 0.3) is 0 Å². The van der Waals surface area contributed by atoms with E-state index in [-0.39, 0.29) is 0 Å². The smallest absolute Gasteiger partial charge is 0.224 e. The van der Waals surface area contributed by atoms with Crippen LogP contribution in [-0.4, -0.2) is 16.5 Å². The van der Waals surface area contributed by atoms with Crippen molar-refractivity contribution in [3.63, 3.8) is 0 Å². The van der Waals surface area contributed by atoms with E-state index in [1.54, 1.807) is 6.20 Å². The van der Waals surface area contributed by atoms with Gasteiger partial charge < -0.3 is 10.6 Å². The third kappa shape index (κ3) is 3.81. The molecular weight excluding hydrogens is 395 g/mol. The van der Waals surface area contributed by atoms with Crippen molar-refractivity contribution >= 4 is 60.9 Å². The summed E-state index contributed by atoms with van der Waals surface area (Å²) in [7, 11) is 0. The average Bonchev–Trinajstić information content (AvgIpc) is 2.38. The lowest BCUT2D eigenvalue weighted by Crippen LogP contribution is -2.04. The second kappa shape index (κ2) is 6.54. The minimum Gasteiger partial charge on any atom is -0.354 e. The van der Waals surface area contributed by atoms with Gasteiger partial charge in [0.05, 0.1) is 11.9 Å². The van der Waals surface area contributed by atoms with Gasteiger partial charge in [0, 0.05) is 15.5 Å². The highest BCUT2D eigenvalue weighted by atomic mass is 79.9. The Labute approximate surface area is 133 Å². The summed E-state index contributed by atoms with van der Waals surface area (Å²) in [6.07, 6.45) is 1.57. The molecule has 100 valence electrons. The number of benzene rings is 1. The molecule has 0 saturated heterocycles. The fraction of sp³-hybridized carbons (Fsp3) is 0.167. The van der Waals surface area contributed by atoms with Crippen LogP contribution in [0.5, 0.6) is 0 Å². The van der Waals surface area contributed by atoms with Gasteiger partial charge in [-0.25, -0.2) is 4.98 Å². The number of hydrogen-bond acceptors (Lipinski definition) is 4. The maximum Gasteiger partial charge on any atom is 0.224 e. The molecule has 0 radical (unpaired) electrons. The minimum absolute atomic E-state index is 0.466. The van der Waals surface area contributed by atoms with Gasteiger partial charge in [0.1, 0.15) is 5.02 Å². The van der Waals surface area contributed by atoms with E-state index in [1.807, 2.05) is 25.1 Å². The number of hydrogen-bond donors (Lipinski definition) is 2. The summed E-state index contributed by atoms with van der Waals surface area (Å²) in [4.78, 5) is 8.42. The Morgan fingerprint density at radius 2 is 2.11 bits per heavy atom. The molecule has 0 spiro atoms. The van der Waals surface area contributed by atoms with Crippen LogP contribution in [0.1, 0.15) is 6.92 Å². The summed E-state index contributed by atoms with van der Waals surface area (Å²) in [6, 6.07) is 5.82. The summed E-state index contributed by atoms with van der Waals surface area (Å²) in [5.41, 5.74) is 0.873. The van der Waals surface area contributed by atoms with Crippen LogP contribution in [-0.2, 0) is 0 Å². The van der Waals surface area contributed by atoms with Crippen LogP contribution in [0.15, 0.2) is 33.3 Å². The largest absolute Gasteiger partial charge is 0.354 e. The first kappa shape index (κ1) is 14.6. The predicted molar refractivity (Wildman–Crippen MR) is 86.3 cm³/mol. The fourth-order valence-corrected chi connectivity index (χ4v) is 2.26. The number of nitrogens with zero attached hydrogens (tertiary/aromatic N) is 2. The molecule has 2 rings (SSSR count). The Kier molecular flexibility index (Phi) is 5.01. The second-order valence-corrected chi connectivity index (χ2v) is 5.85. The molecular formula is C12H11Br2ClN4. The highest BCUT2D eigenvalue weighted by Gasteiger charge is 2.08. The lowest BCUT2D eigenvalue weighted by Gasteiger charge is -2.11. The Hall–Kier alpha value is -0.850. The molecule has 0 aliphatic heterocycles. The van der Waals surface area contributed by atoms with Crippen molar-refractivity contribution < 1.29 is 0 Å². The third-order valence-electron chi connectivity index (χ3n) is 2.26. The lowest BCUT2D eigenvalue weighted by atomic mass is 10.3. The van der Waals surface area contributed by atoms with Gasteiger partial charge in [-0.3, -0.25) is 0 Å². The van der Waals surface area contributed by atoms with Crippen LogP contribution in [0.3, 0.4) is 0 Å². The van der Waals surface area contributed by atoms with Crippen LogP contribution < -0.4 is 10.6 Å². The SMILES string of the molecule is CCNc1ncc(Cl)c(Nc2cc(Br)ccc2Br)n1. The molecule has 0 aliphatic rings. The molecule has 0 bridgehead atoms. The molecule has 7 heteroatoms. The van der Waals surface area contributed by atoms with E-state index in [0.717, 1.165) is 21.2 Å². The quantitative estimate of drug-likeness (QED) is 0.764. The summed E-state index contributed by atoms with van der Waals surface area (Å²) >= 11 is 13.0. The second-order valence-electron chi connectivity index (χ2n) is 3.67. The maximum atomic E-state index is 6.10. The molecule has 0 aliphatic carbocycles. The first-order chi connectivity index (χ1) is 9.10. The van der Waals surface area contributed by atoms with Gasteiger partial charge in [-0.1, -0.05) is 27.5 Å². The zero-order valence-corrected chi connectivity index (χ0v) is 14.0. The molecule has 2 aromatic rings. The van der Waals surface area contributed by atoms with E-state index < -0.39 is 0 Å². The number of anilines is 3. The maximum absolute atomic E-state index is 6.10. The summed E-state index contributed by atoms with van der Waals surface area (Å²) in [5.74, 6) is 1.10. The molecule has 0 unspecified atom stereocenters. The Morgan fingerprint density at radius 1 is 1.32 bits per heavy atom. The van der Waals surface area contributed by atoms with Crippen LogP contribution in [0.4, 0.5) is 17.5 Å². The van der Waals surface area contributed by atoms with Crippen molar-refractivity contribution in [3.05, 3.63) is 38.4 Å². The monoisotopic (exact) mass is 404 g/mol. The van der Waals surface area contributed by atoms with Crippen molar-refractivity contribution in [3.8, 4) is 0 Å². The topological polar surface area (TPSA) is 49.8 Å². The van der Waals surface area contributed by atoms with E-state index in [1.165, 1.54) is 0 Å². The predicted octanol–water partition coefficient (Wildman–Crippen LogP) is 4.83. The van der Waals surface area contributed by atoms with Crippen molar-refractivity contribution in [1.82, 2.24) is 9.97 Å². The van der Waals surface area contributed by atoms with E-state index in [9.17, 15) is 0 Å². The summed E-state index contributed by atoms with van der Waals surface area (Å²) < 4.78 is 1.89. The van der Waals surface area contributed by atoms with Crippen molar-refractivity contribution in [2.45, 2.75) is 6.92 Å². The molecule has 0 amide bonds. The first-order valence-corrected chi connectivity index (χ1v) is 7.55. The van der Waals surface area contributed by atoms with Gasteiger partial charge in [0.15, 0.2) is 5.82 Å². The van der Waals surface area contributed by atoms with E-state index in [2.05, 4.69) is 52.5 Å². The number of aromatic nitrogens is 2.